The highest BCUT2D eigenvalue weighted by Gasteiger charge is 2.36. The highest BCUT2D eigenvalue weighted by Crippen LogP contribution is 2.22. The molecule has 4 atom stereocenters. The van der Waals surface area contributed by atoms with Crippen LogP contribution >= 0.6 is 0 Å². The van der Waals surface area contributed by atoms with Crippen molar-refractivity contribution in [1.82, 2.24) is 15.1 Å². The first-order valence-corrected chi connectivity index (χ1v) is 11.9. The maximum Gasteiger partial charge on any atom is 0.245 e. The molecule has 1 aliphatic rings. The number of nitrogens with zero attached hydrogens (tertiary/aromatic N) is 2. The fourth-order valence-electron chi connectivity index (χ4n) is 4.25. The first-order valence-electron chi connectivity index (χ1n) is 11.9. The lowest BCUT2D eigenvalue weighted by Crippen LogP contribution is -2.59. The van der Waals surface area contributed by atoms with Crippen LogP contribution in [0.25, 0.3) is 0 Å². The Kier molecular flexibility index (Phi) is 10.9. The molecule has 1 saturated heterocycles. The van der Waals surface area contributed by atoms with E-state index in [0.717, 1.165) is 32.2 Å². The number of Topliss-reactive ketones (excluding diaryl/α,β-unsaturated/α-hetero) is 1. The Bertz CT molecular complexity index is 656. The highest BCUT2D eigenvalue weighted by atomic mass is 16.2. The number of likely N-dealkylation sites (N-methyl/N-ethyl adjacent to an activating group) is 1. The monoisotopic (exact) mass is 435 g/mol. The predicted molar refractivity (Wildman–Crippen MR) is 127 cm³/mol. The number of piperidine rings is 1. The van der Waals surface area contributed by atoms with Gasteiger partial charge < -0.3 is 10.2 Å². The zero-order valence-electron chi connectivity index (χ0n) is 21.2. The Labute approximate surface area is 189 Å². The molecule has 0 spiro atoms. The number of carbonyl (C=O) groups is 3. The van der Waals surface area contributed by atoms with E-state index in [-0.39, 0.29) is 41.5 Å². The van der Waals surface area contributed by atoms with E-state index >= 15 is 0 Å². The van der Waals surface area contributed by atoms with E-state index in [1.165, 1.54) is 6.92 Å². The van der Waals surface area contributed by atoms with Gasteiger partial charge in [-0.2, -0.15) is 0 Å². The first-order chi connectivity index (χ1) is 14.4. The molecule has 1 fully saturated rings. The molecule has 1 heterocycles. The third-order valence-electron chi connectivity index (χ3n) is 6.69. The zero-order valence-corrected chi connectivity index (χ0v) is 21.2. The Balaban J connectivity index is 3.06. The van der Waals surface area contributed by atoms with E-state index in [0.29, 0.717) is 11.6 Å². The molecule has 1 aliphatic heterocycles. The molecule has 0 aromatic heterocycles. The number of hydrogen-bond donors (Lipinski definition) is 1. The minimum Gasteiger partial charge on any atom is -0.343 e. The Morgan fingerprint density at radius 3 is 2.16 bits per heavy atom. The van der Waals surface area contributed by atoms with Crippen molar-refractivity contribution in [2.45, 2.75) is 105 Å². The van der Waals surface area contributed by atoms with Gasteiger partial charge in [-0.25, -0.2) is 0 Å². The van der Waals surface area contributed by atoms with E-state index in [1.807, 2.05) is 33.8 Å². The molecule has 1 N–H and O–H groups in total. The van der Waals surface area contributed by atoms with Gasteiger partial charge in [0.05, 0.1) is 12.1 Å². The van der Waals surface area contributed by atoms with Crippen molar-refractivity contribution in [3.05, 3.63) is 11.6 Å². The smallest absolute Gasteiger partial charge is 0.245 e. The number of rotatable bonds is 10. The summed E-state index contributed by atoms with van der Waals surface area (Å²) in [4.78, 5) is 42.4. The van der Waals surface area contributed by atoms with E-state index in [2.05, 4.69) is 24.1 Å². The van der Waals surface area contributed by atoms with Crippen molar-refractivity contribution in [2.75, 3.05) is 13.6 Å². The third kappa shape index (κ3) is 7.44. The van der Waals surface area contributed by atoms with Crippen LogP contribution in [0.5, 0.6) is 0 Å². The maximum atomic E-state index is 13.5. The van der Waals surface area contributed by atoms with Crippen molar-refractivity contribution in [3.8, 4) is 0 Å². The fraction of sp³-hybridized carbons (Fsp3) is 0.800. The van der Waals surface area contributed by atoms with Crippen LogP contribution in [0.15, 0.2) is 11.6 Å². The van der Waals surface area contributed by atoms with Crippen molar-refractivity contribution in [1.29, 1.82) is 0 Å². The molecular formula is C25H45N3O3. The van der Waals surface area contributed by atoms with Crippen molar-refractivity contribution >= 4 is 17.6 Å². The number of nitrogens with one attached hydrogen (secondary N) is 1. The molecule has 0 aromatic carbocycles. The SMILES string of the molecule is CCC(C)N1CCCCC1C(=O)N[C@H](C(=O)N(C)[C@H](/C=C(\C)C(C)=O)C(C)C)C(C)C. The lowest BCUT2D eigenvalue weighted by Gasteiger charge is -2.40. The van der Waals surface area contributed by atoms with Crippen molar-refractivity contribution in [3.63, 3.8) is 0 Å². The maximum absolute atomic E-state index is 13.5. The number of likely N-dealkylation sites (tertiary alicyclic amines) is 1. The Morgan fingerprint density at radius 1 is 1.06 bits per heavy atom. The summed E-state index contributed by atoms with van der Waals surface area (Å²) in [7, 11) is 1.77. The minimum absolute atomic E-state index is 0.00245. The standard InChI is InChI=1S/C25H45N3O3/c1-10-19(7)28-14-12-11-13-21(28)24(30)26-23(17(4)5)25(31)27(9)22(16(2)3)15-18(6)20(8)29/h15-17,19,21-23H,10-14H2,1-9H3,(H,26,30)/b18-15+/t19?,21?,22-,23+/m1/s1. The van der Waals surface area contributed by atoms with Gasteiger partial charge in [0.1, 0.15) is 6.04 Å². The van der Waals surface area contributed by atoms with Gasteiger partial charge >= 0.3 is 0 Å². The number of carbonyl (C=O) groups excluding carboxylic acids is 3. The zero-order chi connectivity index (χ0) is 23.9. The molecule has 0 saturated carbocycles. The van der Waals surface area contributed by atoms with Crippen LogP contribution in [-0.4, -0.2) is 65.2 Å². The van der Waals surface area contributed by atoms with Gasteiger partial charge in [0, 0.05) is 13.1 Å². The van der Waals surface area contributed by atoms with Crippen LogP contribution in [0.3, 0.4) is 0 Å². The number of amides is 2. The molecule has 2 unspecified atom stereocenters. The summed E-state index contributed by atoms with van der Waals surface area (Å²) in [6, 6.07) is -0.632. The quantitative estimate of drug-likeness (QED) is 0.530. The Hall–Kier alpha value is -1.69. The summed E-state index contributed by atoms with van der Waals surface area (Å²) in [5, 5.41) is 3.09. The lowest BCUT2D eigenvalue weighted by molar-refractivity contribution is -0.140. The normalized spacial score (nSPS) is 21.0. The summed E-state index contributed by atoms with van der Waals surface area (Å²) >= 11 is 0. The molecule has 0 aromatic rings. The van der Waals surface area contributed by atoms with E-state index in [9.17, 15) is 14.4 Å². The van der Waals surface area contributed by atoms with Crippen LogP contribution in [0.1, 0.15) is 81.1 Å². The summed E-state index contributed by atoms with van der Waals surface area (Å²) < 4.78 is 0. The molecule has 6 nitrogen and oxygen atoms in total. The molecule has 0 radical (unpaired) electrons. The van der Waals surface area contributed by atoms with E-state index < -0.39 is 6.04 Å². The van der Waals surface area contributed by atoms with Gasteiger partial charge in [-0.3, -0.25) is 19.3 Å². The molecule has 178 valence electrons. The second-order valence-corrected chi connectivity index (χ2v) is 9.83. The van der Waals surface area contributed by atoms with E-state index in [4.69, 9.17) is 0 Å². The molecule has 31 heavy (non-hydrogen) atoms. The second kappa shape index (κ2) is 12.4. The summed E-state index contributed by atoms with van der Waals surface area (Å²) in [6.07, 6.45) is 5.85. The minimum atomic E-state index is -0.592. The molecule has 1 rings (SSSR count). The van der Waals surface area contributed by atoms with Crippen LogP contribution in [0.4, 0.5) is 0 Å². The molecule has 2 amide bonds. The second-order valence-electron chi connectivity index (χ2n) is 9.83. The number of ketones is 1. The average molecular weight is 436 g/mol. The summed E-state index contributed by atoms with van der Waals surface area (Å²) in [5.74, 6) is -0.0450. The van der Waals surface area contributed by atoms with Crippen LogP contribution in [-0.2, 0) is 14.4 Å². The topological polar surface area (TPSA) is 69.7 Å². The van der Waals surface area contributed by atoms with Crippen LogP contribution in [0.2, 0.25) is 0 Å². The van der Waals surface area contributed by atoms with Crippen LogP contribution < -0.4 is 5.32 Å². The Morgan fingerprint density at radius 2 is 1.68 bits per heavy atom. The van der Waals surface area contributed by atoms with Gasteiger partial charge in [0.25, 0.3) is 0 Å². The van der Waals surface area contributed by atoms with Gasteiger partial charge in [0.2, 0.25) is 11.8 Å². The van der Waals surface area contributed by atoms with Gasteiger partial charge in [-0.1, -0.05) is 47.1 Å². The van der Waals surface area contributed by atoms with Crippen molar-refractivity contribution in [2.24, 2.45) is 11.8 Å². The number of hydrogen-bond acceptors (Lipinski definition) is 4. The third-order valence-corrected chi connectivity index (χ3v) is 6.69. The van der Waals surface area contributed by atoms with Gasteiger partial charge in [0.15, 0.2) is 5.78 Å². The average Bonchev–Trinajstić information content (AvgIpc) is 2.73. The van der Waals surface area contributed by atoms with E-state index in [1.54, 1.807) is 18.9 Å². The summed E-state index contributed by atoms with van der Waals surface area (Å²) in [6.45, 7) is 16.6. The molecule has 0 bridgehead atoms. The largest absolute Gasteiger partial charge is 0.343 e. The van der Waals surface area contributed by atoms with Crippen molar-refractivity contribution < 1.29 is 14.4 Å². The molecule has 6 heteroatoms. The molecule has 0 aliphatic carbocycles. The number of allylic oxidation sites excluding steroid dienone is 1. The highest BCUT2D eigenvalue weighted by molar-refractivity contribution is 5.93. The predicted octanol–water partition coefficient (Wildman–Crippen LogP) is 3.80. The fourth-order valence-corrected chi connectivity index (χ4v) is 4.25. The lowest BCUT2D eigenvalue weighted by atomic mass is 9.95. The van der Waals surface area contributed by atoms with Gasteiger partial charge in [-0.15, -0.1) is 0 Å². The van der Waals surface area contributed by atoms with Crippen LogP contribution in [0, 0.1) is 11.8 Å². The van der Waals surface area contributed by atoms with Gasteiger partial charge in [-0.05, 0) is 64.0 Å². The summed E-state index contributed by atoms with van der Waals surface area (Å²) in [5.41, 5.74) is 0.648. The molecular weight excluding hydrogens is 390 g/mol. The first kappa shape index (κ1) is 27.3.